The van der Waals surface area contributed by atoms with Crippen LogP contribution in [-0.4, -0.2) is 23.8 Å². The van der Waals surface area contributed by atoms with E-state index in [0.717, 1.165) is 0 Å². The molecule has 0 aliphatic carbocycles. The zero-order valence-electron chi connectivity index (χ0n) is 5.01. The summed E-state index contributed by atoms with van der Waals surface area (Å²) in [7, 11) is 0. The summed E-state index contributed by atoms with van der Waals surface area (Å²) in [5.74, 6) is -0.932. The summed E-state index contributed by atoms with van der Waals surface area (Å²) in [6.07, 6.45) is 0.164. The summed E-state index contributed by atoms with van der Waals surface area (Å²) in [4.78, 5) is 9.84. The maximum Gasteiger partial charge on any atom is 0.303 e. The van der Waals surface area contributed by atoms with Gasteiger partial charge >= 0.3 is 5.97 Å². The second-order valence-electron chi connectivity index (χ2n) is 1.85. The SMILES string of the molecule is NC(CF)CCC(=O)O. The smallest absolute Gasteiger partial charge is 0.303 e. The Labute approximate surface area is 52.7 Å². The molecule has 0 saturated carbocycles. The van der Waals surface area contributed by atoms with E-state index < -0.39 is 18.7 Å². The average molecular weight is 135 g/mol. The Bertz CT molecular complexity index is 97.0. The van der Waals surface area contributed by atoms with Crippen LogP contribution in [0.1, 0.15) is 12.8 Å². The van der Waals surface area contributed by atoms with Gasteiger partial charge in [-0.15, -0.1) is 0 Å². The van der Waals surface area contributed by atoms with Gasteiger partial charge in [0.25, 0.3) is 0 Å². The number of rotatable bonds is 4. The number of hydrogen-bond donors (Lipinski definition) is 2. The summed E-state index contributed by atoms with van der Waals surface area (Å²) < 4.78 is 11.5. The van der Waals surface area contributed by atoms with Gasteiger partial charge in [0, 0.05) is 12.5 Å². The molecule has 0 radical (unpaired) electrons. The molecule has 9 heavy (non-hydrogen) atoms. The number of carboxylic acids is 1. The molecule has 0 spiro atoms. The molecule has 4 heteroatoms. The summed E-state index contributed by atoms with van der Waals surface area (Å²) >= 11 is 0. The summed E-state index contributed by atoms with van der Waals surface area (Å²) in [5.41, 5.74) is 5.08. The van der Waals surface area contributed by atoms with E-state index in [0.29, 0.717) is 0 Å². The van der Waals surface area contributed by atoms with Gasteiger partial charge in [-0.1, -0.05) is 0 Å². The van der Waals surface area contributed by atoms with E-state index in [1.54, 1.807) is 0 Å². The largest absolute Gasteiger partial charge is 0.481 e. The Balaban J connectivity index is 3.16. The van der Waals surface area contributed by atoms with E-state index in [1.165, 1.54) is 0 Å². The molecule has 0 amide bonds. The lowest BCUT2D eigenvalue weighted by atomic mass is 10.2. The molecule has 0 heterocycles. The Morgan fingerprint density at radius 2 is 2.33 bits per heavy atom. The zero-order valence-corrected chi connectivity index (χ0v) is 5.01. The van der Waals surface area contributed by atoms with Crippen LogP contribution in [0.25, 0.3) is 0 Å². The van der Waals surface area contributed by atoms with Crippen molar-refractivity contribution in [2.75, 3.05) is 6.67 Å². The molecule has 1 unspecified atom stereocenters. The first-order valence-electron chi connectivity index (χ1n) is 2.70. The third-order valence-electron chi connectivity index (χ3n) is 0.927. The second-order valence-corrected chi connectivity index (χ2v) is 1.85. The number of alkyl halides is 1. The standard InChI is InChI=1S/C5H10FNO2/c6-3-4(7)1-2-5(8)9/h4H,1-3,7H2,(H,8,9). The monoisotopic (exact) mass is 135 g/mol. The van der Waals surface area contributed by atoms with E-state index >= 15 is 0 Å². The fourth-order valence-electron chi connectivity index (χ4n) is 0.386. The van der Waals surface area contributed by atoms with Crippen LogP contribution in [-0.2, 0) is 4.79 Å². The first-order valence-corrected chi connectivity index (χ1v) is 2.70. The normalized spacial score (nSPS) is 13.1. The number of carbonyl (C=O) groups is 1. The molecule has 0 aromatic rings. The molecule has 1 atom stereocenters. The minimum atomic E-state index is -0.932. The van der Waals surface area contributed by atoms with E-state index in [9.17, 15) is 9.18 Å². The van der Waals surface area contributed by atoms with Gasteiger partial charge < -0.3 is 10.8 Å². The van der Waals surface area contributed by atoms with E-state index in [-0.39, 0.29) is 12.8 Å². The van der Waals surface area contributed by atoms with Gasteiger partial charge in [-0.2, -0.15) is 0 Å². The van der Waals surface area contributed by atoms with Crippen LogP contribution in [0.15, 0.2) is 0 Å². The highest BCUT2D eigenvalue weighted by Gasteiger charge is 2.03. The molecule has 0 aromatic heterocycles. The van der Waals surface area contributed by atoms with Gasteiger partial charge in [0.1, 0.15) is 6.67 Å². The van der Waals surface area contributed by atoms with Crippen molar-refractivity contribution in [3.8, 4) is 0 Å². The van der Waals surface area contributed by atoms with Crippen LogP contribution in [0.2, 0.25) is 0 Å². The molecular formula is C5H10FNO2. The Morgan fingerprint density at radius 3 is 2.67 bits per heavy atom. The predicted molar refractivity (Wildman–Crippen MR) is 30.8 cm³/mol. The van der Waals surface area contributed by atoms with Crippen molar-refractivity contribution >= 4 is 5.97 Å². The fraction of sp³-hybridized carbons (Fsp3) is 0.800. The highest BCUT2D eigenvalue weighted by atomic mass is 19.1. The van der Waals surface area contributed by atoms with Gasteiger partial charge in [-0.25, -0.2) is 4.39 Å². The minimum absolute atomic E-state index is 0.0505. The summed E-state index contributed by atoms with van der Waals surface area (Å²) in [6, 6.07) is -0.610. The predicted octanol–water partition coefficient (Wildman–Crippen LogP) is 0.148. The molecule has 0 saturated heterocycles. The first kappa shape index (κ1) is 8.36. The van der Waals surface area contributed by atoms with Crippen LogP contribution >= 0.6 is 0 Å². The lowest BCUT2D eigenvalue weighted by molar-refractivity contribution is -0.137. The number of carboxylic acid groups (broad SMARTS) is 1. The Morgan fingerprint density at radius 1 is 1.78 bits per heavy atom. The van der Waals surface area contributed by atoms with Crippen molar-refractivity contribution < 1.29 is 14.3 Å². The van der Waals surface area contributed by atoms with Crippen molar-refractivity contribution in [2.24, 2.45) is 5.73 Å². The molecule has 0 aliphatic rings. The Hall–Kier alpha value is -0.640. The van der Waals surface area contributed by atoms with Crippen LogP contribution < -0.4 is 5.73 Å². The summed E-state index contributed by atoms with van der Waals surface area (Å²) in [5, 5.41) is 8.08. The zero-order chi connectivity index (χ0) is 7.28. The topological polar surface area (TPSA) is 63.3 Å². The van der Waals surface area contributed by atoms with Crippen LogP contribution in [0.5, 0.6) is 0 Å². The van der Waals surface area contributed by atoms with Gasteiger partial charge in [0.15, 0.2) is 0 Å². The molecule has 0 bridgehead atoms. The molecule has 54 valence electrons. The molecule has 3 nitrogen and oxygen atoms in total. The quantitative estimate of drug-likeness (QED) is 0.576. The molecule has 0 fully saturated rings. The van der Waals surface area contributed by atoms with Crippen LogP contribution in [0, 0.1) is 0 Å². The fourth-order valence-corrected chi connectivity index (χ4v) is 0.386. The molecular weight excluding hydrogens is 125 g/mol. The highest BCUT2D eigenvalue weighted by molar-refractivity contribution is 5.66. The lowest BCUT2D eigenvalue weighted by Crippen LogP contribution is -2.22. The van der Waals surface area contributed by atoms with E-state index in [4.69, 9.17) is 10.8 Å². The number of hydrogen-bond acceptors (Lipinski definition) is 2. The first-order chi connectivity index (χ1) is 4.16. The van der Waals surface area contributed by atoms with Gasteiger partial charge in [-0.3, -0.25) is 4.79 Å². The van der Waals surface area contributed by atoms with Gasteiger partial charge in [0.2, 0.25) is 0 Å². The lowest BCUT2D eigenvalue weighted by Gasteiger charge is -2.01. The van der Waals surface area contributed by atoms with Crippen molar-refractivity contribution in [3.05, 3.63) is 0 Å². The Kier molecular flexibility index (Phi) is 3.96. The maximum absolute atomic E-state index is 11.5. The number of nitrogens with two attached hydrogens (primary N) is 1. The van der Waals surface area contributed by atoms with Gasteiger partial charge in [-0.05, 0) is 6.42 Å². The maximum atomic E-state index is 11.5. The third-order valence-corrected chi connectivity index (χ3v) is 0.927. The van der Waals surface area contributed by atoms with Crippen molar-refractivity contribution in [1.82, 2.24) is 0 Å². The highest BCUT2D eigenvalue weighted by Crippen LogP contribution is 1.93. The van der Waals surface area contributed by atoms with Crippen LogP contribution in [0.3, 0.4) is 0 Å². The van der Waals surface area contributed by atoms with Crippen molar-refractivity contribution in [1.29, 1.82) is 0 Å². The molecule has 0 rings (SSSR count). The minimum Gasteiger partial charge on any atom is -0.481 e. The van der Waals surface area contributed by atoms with Gasteiger partial charge in [0.05, 0.1) is 0 Å². The molecule has 0 aliphatic heterocycles. The molecule has 0 aromatic carbocycles. The average Bonchev–Trinajstić information content (AvgIpc) is 1.83. The molecule has 3 N–H and O–H groups in total. The van der Waals surface area contributed by atoms with E-state index in [1.807, 2.05) is 0 Å². The number of aliphatic carboxylic acids is 1. The van der Waals surface area contributed by atoms with E-state index in [2.05, 4.69) is 0 Å². The van der Waals surface area contributed by atoms with Crippen molar-refractivity contribution in [3.63, 3.8) is 0 Å². The second kappa shape index (κ2) is 4.26. The summed E-state index contributed by atoms with van der Waals surface area (Å²) in [6.45, 7) is -0.646. The third kappa shape index (κ3) is 5.23. The number of halogens is 1. The van der Waals surface area contributed by atoms with Crippen molar-refractivity contribution in [2.45, 2.75) is 18.9 Å². The van der Waals surface area contributed by atoms with Crippen LogP contribution in [0.4, 0.5) is 4.39 Å².